The van der Waals surface area contributed by atoms with Crippen molar-refractivity contribution in [2.75, 3.05) is 39.3 Å². The number of carboxylic acid groups (broad SMARTS) is 1. The van der Waals surface area contributed by atoms with Crippen molar-refractivity contribution < 1.29 is 38.7 Å². The van der Waals surface area contributed by atoms with E-state index in [-0.39, 0.29) is 126 Å². The molecule has 0 rings (SSSR count). The molecule has 0 heterocycles. The first kappa shape index (κ1) is 66.9. The molecule has 0 aliphatic heterocycles. The van der Waals surface area contributed by atoms with Crippen LogP contribution in [0.3, 0.4) is 0 Å². The van der Waals surface area contributed by atoms with Crippen LogP contribution in [0.25, 0.3) is 0 Å². The normalized spacial score (nSPS) is 13.2. The van der Waals surface area contributed by atoms with Crippen molar-refractivity contribution in [2.45, 2.75) is 126 Å². The van der Waals surface area contributed by atoms with E-state index in [4.69, 9.17) is 86.0 Å². The van der Waals surface area contributed by atoms with Crippen molar-refractivity contribution in [1.29, 1.82) is 0 Å². The zero-order valence-electron chi connectivity index (χ0n) is 41.4. The summed E-state index contributed by atoms with van der Waals surface area (Å²) in [5, 5.41) is 22.1. The fourth-order valence-electron chi connectivity index (χ4n) is 5.87. The van der Waals surface area contributed by atoms with Gasteiger partial charge in [0.05, 0.1) is 12.1 Å². The molecule has 0 unspecified atom stereocenters. The molecule has 34 heteroatoms. The van der Waals surface area contributed by atoms with Crippen LogP contribution in [0.4, 0.5) is 0 Å². The zero-order chi connectivity index (χ0) is 56.1. The first-order valence-electron chi connectivity index (χ1n) is 23.1. The average Bonchev–Trinajstić information content (AvgIpc) is 3.29. The van der Waals surface area contributed by atoms with Gasteiger partial charge in [-0.15, -0.1) is 0 Å². The van der Waals surface area contributed by atoms with E-state index in [2.05, 4.69) is 56.5 Å². The maximum Gasteiger partial charge on any atom is 0.325 e. The van der Waals surface area contributed by atoms with Gasteiger partial charge in [0.25, 0.3) is 0 Å². The SMILES string of the molecule is C[C@@H](NC(=O)[C@@H](CCCN=C(N)N)NC(=O)[C@@H](CCCN=C(N)N)NC(=O)[C@@H](CCCN=C(N)N)NC(=O)[C@@H](CCCN=C(N)N)NC(=O)[C@H](N)CCCN=C(N)N)C(=O)O.NC(=O)[C@H](N)CCCN=C(N)N. The first-order valence-corrected chi connectivity index (χ1v) is 23.1. The summed E-state index contributed by atoms with van der Waals surface area (Å²) < 4.78 is 0. The molecule has 0 bridgehead atoms. The number of hydrogen-bond acceptors (Lipinski definition) is 15. The highest BCUT2D eigenvalue weighted by atomic mass is 16.4. The highest BCUT2D eigenvalue weighted by molar-refractivity contribution is 5.96. The van der Waals surface area contributed by atoms with Crippen LogP contribution in [-0.4, -0.2) is 164 Å². The van der Waals surface area contributed by atoms with E-state index in [1.54, 1.807) is 0 Å². The molecule has 0 spiro atoms. The number of guanidine groups is 6. The Morgan fingerprint density at radius 2 is 0.575 bits per heavy atom. The highest BCUT2D eigenvalue weighted by Crippen LogP contribution is 2.09. The van der Waals surface area contributed by atoms with Crippen LogP contribution in [0.5, 0.6) is 0 Å². The lowest BCUT2D eigenvalue weighted by atomic mass is 10.0. The molecule has 0 aliphatic carbocycles. The first-order chi connectivity index (χ1) is 34.2. The summed E-state index contributed by atoms with van der Waals surface area (Å²) in [6.45, 7) is 2.22. The molecule has 7 atom stereocenters. The van der Waals surface area contributed by atoms with E-state index < -0.39 is 83.7 Å². The molecule has 0 aromatic carbocycles. The Morgan fingerprint density at radius 3 is 0.808 bits per heavy atom. The Kier molecular flexibility index (Phi) is 35.3. The van der Waals surface area contributed by atoms with Crippen LogP contribution in [0, 0.1) is 0 Å². The predicted molar refractivity (Wildman–Crippen MR) is 278 cm³/mol. The summed E-state index contributed by atoms with van der Waals surface area (Å²) in [5.41, 5.74) is 80.7. The second kappa shape index (κ2) is 38.6. The maximum atomic E-state index is 14.0. The van der Waals surface area contributed by atoms with Crippen LogP contribution in [0.1, 0.15) is 84.0 Å². The lowest BCUT2D eigenvalue weighted by Crippen LogP contribution is -2.59. The fourth-order valence-corrected chi connectivity index (χ4v) is 5.87. The molecule has 0 aromatic heterocycles. The number of aliphatic carboxylic acids is 1. The minimum absolute atomic E-state index is 0.0143. The van der Waals surface area contributed by atoms with Crippen molar-refractivity contribution in [2.24, 2.45) is 116 Å². The predicted octanol–water partition coefficient (Wildman–Crippen LogP) is -10.0. The Bertz CT molecular complexity index is 1910. The van der Waals surface area contributed by atoms with Gasteiger partial charge in [-0.1, -0.05) is 0 Å². The quantitative estimate of drug-likeness (QED) is 0.0157. The summed E-state index contributed by atoms with van der Waals surface area (Å²) in [4.78, 5) is 113. The summed E-state index contributed by atoms with van der Waals surface area (Å²) >= 11 is 0. The minimum Gasteiger partial charge on any atom is -0.480 e. The number of aliphatic imine (C=N–C) groups is 6. The van der Waals surface area contributed by atoms with E-state index >= 15 is 0 Å². The van der Waals surface area contributed by atoms with E-state index in [1.165, 1.54) is 6.92 Å². The van der Waals surface area contributed by atoms with Crippen molar-refractivity contribution in [1.82, 2.24) is 26.6 Å². The third-order valence-electron chi connectivity index (χ3n) is 9.68. The van der Waals surface area contributed by atoms with Crippen molar-refractivity contribution in [3.05, 3.63) is 0 Å². The number of rotatable bonds is 36. The Hall–Kier alpha value is -8.17. The third-order valence-corrected chi connectivity index (χ3v) is 9.68. The van der Waals surface area contributed by atoms with Crippen molar-refractivity contribution >= 4 is 77.2 Å². The second-order valence-corrected chi connectivity index (χ2v) is 16.1. The molecule has 416 valence electrons. The summed E-state index contributed by atoms with van der Waals surface area (Å²) in [7, 11) is 0. The summed E-state index contributed by atoms with van der Waals surface area (Å²) in [6, 6.07) is -8.18. The van der Waals surface area contributed by atoms with Gasteiger partial charge in [-0.25, -0.2) is 0 Å². The Morgan fingerprint density at radius 1 is 0.356 bits per heavy atom. The van der Waals surface area contributed by atoms with E-state index in [0.29, 0.717) is 25.8 Å². The van der Waals surface area contributed by atoms with Crippen molar-refractivity contribution in [3.63, 3.8) is 0 Å². The smallest absolute Gasteiger partial charge is 0.325 e. The zero-order valence-corrected chi connectivity index (χ0v) is 41.4. The van der Waals surface area contributed by atoms with E-state index in [1.807, 2.05) is 0 Å². The van der Waals surface area contributed by atoms with Gasteiger partial charge in [-0.2, -0.15) is 0 Å². The largest absolute Gasteiger partial charge is 0.480 e. The second-order valence-electron chi connectivity index (χ2n) is 16.1. The number of primary amides is 1. The monoisotopic (exact) mass is 1040 g/mol. The highest BCUT2D eigenvalue weighted by Gasteiger charge is 2.32. The van der Waals surface area contributed by atoms with Crippen LogP contribution in [0.15, 0.2) is 30.0 Å². The molecule has 0 saturated carbocycles. The molecular formula is C39H82N26O8. The molecule has 0 fully saturated rings. The standard InChI is InChI=1S/C33H67N21O7.C6H15N5O/c1-17(28(60)61)50-24(56)19(8-3-13-46-30(37)38)52-26(58)21(10-5-15-48-32(41)42)54-27(59)22(11-6-16-49-33(43)44)53-25(57)20(9-4-14-47-31(39)40)51-23(55)18(34)7-2-12-45-29(35)36;7-4(5(8)12)2-1-3-11-6(9)10/h17-22H,2-16,34H2,1H3,(H,50,56)(H,51,55)(H,52,58)(H,53,57)(H,54,59)(H,60,61)(H4,35,36,45)(H4,37,38,46)(H4,39,40,47)(H4,41,42,48)(H4,43,44,49);4H,1-3,7H2,(H2,8,12)(H4,9,10,11)/t17-,18-,19-,20-,21-,22-;4-/m11/s1. The fraction of sp³-hybridized carbons (Fsp3) is 0.667. The van der Waals surface area contributed by atoms with E-state index in [9.17, 15) is 38.7 Å². The maximum absolute atomic E-state index is 14.0. The minimum atomic E-state index is -1.35. The molecule has 6 amide bonds. The lowest BCUT2D eigenvalue weighted by Gasteiger charge is -2.27. The molecule has 0 saturated heterocycles. The van der Waals surface area contributed by atoms with Gasteiger partial charge in [0, 0.05) is 39.3 Å². The van der Waals surface area contributed by atoms with Gasteiger partial charge >= 0.3 is 5.97 Å². The van der Waals surface area contributed by atoms with Gasteiger partial charge in [0.2, 0.25) is 35.4 Å². The number of carboxylic acids is 1. The van der Waals surface area contributed by atoms with E-state index in [0.717, 1.165) is 0 Å². The van der Waals surface area contributed by atoms with Gasteiger partial charge in [0.1, 0.15) is 30.2 Å². The van der Waals surface area contributed by atoms with Crippen LogP contribution in [0.2, 0.25) is 0 Å². The number of nitrogens with one attached hydrogen (secondary N) is 5. The van der Waals surface area contributed by atoms with Gasteiger partial charge in [0.15, 0.2) is 35.8 Å². The van der Waals surface area contributed by atoms with Crippen LogP contribution < -0.4 is 113 Å². The molecular weight excluding hydrogens is 961 g/mol. The lowest BCUT2D eigenvalue weighted by molar-refractivity contribution is -0.142. The molecule has 0 radical (unpaired) electrons. The van der Waals surface area contributed by atoms with Crippen LogP contribution >= 0.6 is 0 Å². The van der Waals surface area contributed by atoms with Crippen LogP contribution in [-0.2, 0) is 33.6 Å². The molecule has 73 heavy (non-hydrogen) atoms. The topological polar surface area (TPSA) is 664 Å². The number of hydrogen-bond donors (Lipinski definition) is 21. The van der Waals surface area contributed by atoms with Gasteiger partial charge < -0.3 is 118 Å². The average molecular weight is 1040 g/mol. The number of carbonyl (C=O) groups excluding carboxylic acids is 6. The number of carbonyl (C=O) groups is 7. The Labute approximate surface area is 423 Å². The molecule has 36 N–H and O–H groups in total. The molecule has 34 nitrogen and oxygen atoms in total. The summed E-state index contributed by atoms with van der Waals surface area (Å²) in [5.74, 6) is -6.69. The Balaban J connectivity index is 0. The van der Waals surface area contributed by atoms with Gasteiger partial charge in [-0.05, 0) is 84.0 Å². The summed E-state index contributed by atoms with van der Waals surface area (Å²) in [6.07, 6.45) is 2.29. The number of amides is 6. The molecule has 0 aliphatic rings. The number of nitrogens with zero attached hydrogens (tertiary/aromatic N) is 6. The van der Waals surface area contributed by atoms with Crippen molar-refractivity contribution in [3.8, 4) is 0 Å². The molecule has 0 aromatic rings. The van der Waals surface area contributed by atoms with Gasteiger partial charge in [-0.3, -0.25) is 63.5 Å². The number of nitrogens with two attached hydrogens (primary N) is 15. The third kappa shape index (κ3) is 36.4.